The summed E-state index contributed by atoms with van der Waals surface area (Å²) < 4.78 is 1.80. The van der Waals surface area contributed by atoms with Crippen LogP contribution in [0.4, 0.5) is 4.79 Å². The van der Waals surface area contributed by atoms with Crippen LogP contribution in [0.1, 0.15) is 37.1 Å². The minimum Gasteiger partial charge on any atom is -0.328 e. The summed E-state index contributed by atoms with van der Waals surface area (Å²) in [5.74, 6) is 0.788. The highest BCUT2D eigenvalue weighted by atomic mass is 32.1. The standard InChI is InChI=1S/C13H20N6OS/c1-4-10(12-15-9-16-19(12)5-2)17-13(20)18(3)8-11-14-6-7-21-11/h6-7,9-10H,4-5,8H2,1-3H3,(H,17,20)/t10-/m0/s1. The lowest BCUT2D eigenvalue weighted by molar-refractivity contribution is 0.201. The maximum atomic E-state index is 12.3. The molecule has 2 aromatic rings. The number of nitrogens with zero attached hydrogens (tertiary/aromatic N) is 5. The molecule has 114 valence electrons. The van der Waals surface area contributed by atoms with Crippen LogP contribution < -0.4 is 5.32 Å². The summed E-state index contributed by atoms with van der Waals surface area (Å²) in [5, 5.41) is 9.96. The smallest absolute Gasteiger partial charge is 0.318 e. The molecule has 2 aromatic heterocycles. The van der Waals surface area contributed by atoms with Crippen LogP contribution in [0.25, 0.3) is 0 Å². The van der Waals surface area contributed by atoms with Crippen LogP contribution in [0.2, 0.25) is 0 Å². The first kappa shape index (κ1) is 15.4. The summed E-state index contributed by atoms with van der Waals surface area (Å²) in [6, 6.07) is -0.276. The third-order valence-corrected chi connectivity index (χ3v) is 3.93. The van der Waals surface area contributed by atoms with Crippen molar-refractivity contribution in [3.05, 3.63) is 28.7 Å². The first-order chi connectivity index (χ1) is 10.2. The van der Waals surface area contributed by atoms with E-state index in [1.165, 1.54) is 17.7 Å². The van der Waals surface area contributed by atoms with Crippen molar-refractivity contribution in [2.24, 2.45) is 0 Å². The third kappa shape index (κ3) is 3.78. The molecule has 0 radical (unpaired) electrons. The SMILES string of the molecule is CC[C@H](NC(=O)N(C)Cc1nccs1)c1ncnn1CC. The van der Waals surface area contributed by atoms with Gasteiger partial charge in [0.25, 0.3) is 0 Å². The first-order valence-electron chi connectivity index (χ1n) is 6.93. The van der Waals surface area contributed by atoms with E-state index in [4.69, 9.17) is 0 Å². The van der Waals surface area contributed by atoms with Gasteiger partial charge < -0.3 is 10.2 Å². The molecule has 0 fully saturated rings. The summed E-state index contributed by atoms with van der Waals surface area (Å²) in [5.41, 5.74) is 0. The Bertz CT molecular complexity index is 567. The van der Waals surface area contributed by atoms with Gasteiger partial charge in [0.1, 0.15) is 17.2 Å². The largest absolute Gasteiger partial charge is 0.328 e. The molecule has 2 heterocycles. The molecule has 0 unspecified atom stereocenters. The second-order valence-corrected chi connectivity index (χ2v) is 5.61. The van der Waals surface area contributed by atoms with Crippen molar-refractivity contribution in [2.45, 2.75) is 39.4 Å². The molecule has 2 amide bonds. The molecule has 1 N–H and O–H groups in total. The molecule has 0 spiro atoms. The van der Waals surface area contributed by atoms with Crippen molar-refractivity contribution >= 4 is 17.4 Å². The third-order valence-electron chi connectivity index (χ3n) is 3.17. The van der Waals surface area contributed by atoms with Crippen LogP contribution in [0, 0.1) is 0 Å². The molecule has 21 heavy (non-hydrogen) atoms. The Morgan fingerprint density at radius 1 is 1.48 bits per heavy atom. The number of carbonyl (C=O) groups is 1. The summed E-state index contributed by atoms with van der Waals surface area (Å²) >= 11 is 1.54. The zero-order chi connectivity index (χ0) is 15.2. The zero-order valence-electron chi connectivity index (χ0n) is 12.5. The number of hydrogen-bond donors (Lipinski definition) is 1. The van der Waals surface area contributed by atoms with Crippen LogP contribution in [-0.2, 0) is 13.1 Å². The first-order valence-corrected chi connectivity index (χ1v) is 7.81. The lowest BCUT2D eigenvalue weighted by atomic mass is 10.2. The number of aryl methyl sites for hydroxylation is 1. The molecule has 0 bridgehead atoms. The average molecular weight is 308 g/mol. The van der Waals surface area contributed by atoms with Gasteiger partial charge in [-0.3, -0.25) is 0 Å². The minimum atomic E-state index is -0.140. The predicted octanol–water partition coefficient (Wildman–Crippen LogP) is 2.05. The highest BCUT2D eigenvalue weighted by Crippen LogP contribution is 2.14. The number of hydrogen-bond acceptors (Lipinski definition) is 5. The maximum absolute atomic E-state index is 12.3. The molecular weight excluding hydrogens is 288 g/mol. The van der Waals surface area contributed by atoms with Gasteiger partial charge in [0.15, 0.2) is 0 Å². The van der Waals surface area contributed by atoms with Crippen molar-refractivity contribution in [2.75, 3.05) is 7.05 Å². The van der Waals surface area contributed by atoms with Crippen molar-refractivity contribution in [3.8, 4) is 0 Å². The van der Waals surface area contributed by atoms with E-state index in [1.807, 2.05) is 19.2 Å². The Morgan fingerprint density at radius 3 is 2.90 bits per heavy atom. The second kappa shape index (κ2) is 7.16. The number of rotatable bonds is 6. The van der Waals surface area contributed by atoms with E-state index >= 15 is 0 Å². The van der Waals surface area contributed by atoms with E-state index < -0.39 is 0 Å². The Hall–Kier alpha value is -1.96. The number of urea groups is 1. The molecular formula is C13H20N6OS. The molecule has 0 aromatic carbocycles. The van der Waals surface area contributed by atoms with Crippen molar-refractivity contribution < 1.29 is 4.79 Å². The Labute approximate surface area is 128 Å². The molecule has 1 atom stereocenters. The summed E-state index contributed by atoms with van der Waals surface area (Å²) in [6.07, 6.45) is 4.02. The van der Waals surface area contributed by atoms with E-state index in [-0.39, 0.29) is 12.1 Å². The fraction of sp³-hybridized carbons (Fsp3) is 0.538. The topological polar surface area (TPSA) is 75.9 Å². The van der Waals surface area contributed by atoms with Gasteiger partial charge in [-0.25, -0.2) is 19.4 Å². The number of nitrogens with one attached hydrogen (secondary N) is 1. The molecule has 0 aliphatic carbocycles. The molecule has 0 saturated heterocycles. The summed E-state index contributed by atoms with van der Waals surface area (Å²) in [6.45, 7) is 5.25. The highest BCUT2D eigenvalue weighted by Gasteiger charge is 2.20. The Morgan fingerprint density at radius 2 is 2.29 bits per heavy atom. The Balaban J connectivity index is 1.99. The molecule has 0 aliphatic heterocycles. The van der Waals surface area contributed by atoms with E-state index in [1.54, 1.807) is 22.8 Å². The van der Waals surface area contributed by atoms with Gasteiger partial charge in [-0.1, -0.05) is 6.92 Å². The van der Waals surface area contributed by atoms with Gasteiger partial charge in [-0.2, -0.15) is 5.10 Å². The van der Waals surface area contributed by atoms with Crippen molar-refractivity contribution in [3.63, 3.8) is 0 Å². The average Bonchev–Trinajstić information content (AvgIpc) is 3.15. The molecule has 0 aliphatic rings. The lowest BCUT2D eigenvalue weighted by Gasteiger charge is -2.22. The van der Waals surface area contributed by atoms with Crippen LogP contribution in [0.5, 0.6) is 0 Å². The highest BCUT2D eigenvalue weighted by molar-refractivity contribution is 7.09. The van der Waals surface area contributed by atoms with E-state index in [2.05, 4.69) is 20.4 Å². The minimum absolute atomic E-state index is 0.136. The molecule has 8 heteroatoms. The predicted molar refractivity (Wildman–Crippen MR) is 80.8 cm³/mol. The molecule has 7 nitrogen and oxygen atoms in total. The Kier molecular flexibility index (Phi) is 5.26. The van der Waals surface area contributed by atoms with Gasteiger partial charge >= 0.3 is 6.03 Å². The number of carbonyl (C=O) groups excluding carboxylic acids is 1. The second-order valence-electron chi connectivity index (χ2n) is 4.63. The van der Waals surface area contributed by atoms with E-state index in [0.29, 0.717) is 6.54 Å². The van der Waals surface area contributed by atoms with E-state index in [9.17, 15) is 4.79 Å². The normalized spacial score (nSPS) is 12.1. The van der Waals surface area contributed by atoms with Crippen molar-refractivity contribution in [1.29, 1.82) is 0 Å². The van der Waals surface area contributed by atoms with Gasteiger partial charge in [-0.05, 0) is 13.3 Å². The maximum Gasteiger partial charge on any atom is 0.318 e. The lowest BCUT2D eigenvalue weighted by Crippen LogP contribution is -2.39. The molecule has 0 saturated carbocycles. The van der Waals surface area contributed by atoms with E-state index in [0.717, 1.165) is 23.8 Å². The van der Waals surface area contributed by atoms with Gasteiger partial charge in [0, 0.05) is 25.2 Å². The van der Waals surface area contributed by atoms with Crippen LogP contribution in [0.3, 0.4) is 0 Å². The summed E-state index contributed by atoms with van der Waals surface area (Å²) in [7, 11) is 1.76. The molecule has 2 rings (SSSR count). The van der Waals surface area contributed by atoms with Gasteiger partial charge in [-0.15, -0.1) is 11.3 Å². The zero-order valence-corrected chi connectivity index (χ0v) is 13.3. The fourth-order valence-corrected chi connectivity index (χ4v) is 2.67. The van der Waals surface area contributed by atoms with Crippen LogP contribution >= 0.6 is 11.3 Å². The number of aromatic nitrogens is 4. The van der Waals surface area contributed by atoms with Crippen LogP contribution in [0.15, 0.2) is 17.9 Å². The fourth-order valence-electron chi connectivity index (χ4n) is 2.00. The van der Waals surface area contributed by atoms with Crippen molar-refractivity contribution in [1.82, 2.24) is 30.0 Å². The summed E-state index contributed by atoms with van der Waals surface area (Å²) in [4.78, 5) is 22.3. The van der Waals surface area contributed by atoms with Gasteiger partial charge in [0.05, 0.1) is 12.6 Å². The number of amides is 2. The quantitative estimate of drug-likeness (QED) is 0.886. The monoisotopic (exact) mass is 308 g/mol. The van der Waals surface area contributed by atoms with Crippen LogP contribution in [-0.4, -0.2) is 37.7 Å². The van der Waals surface area contributed by atoms with Gasteiger partial charge in [0.2, 0.25) is 0 Å². The number of thiazole rings is 1.